The summed E-state index contributed by atoms with van der Waals surface area (Å²) in [4.78, 5) is 35.6. The topological polar surface area (TPSA) is 101 Å². The fourth-order valence-electron chi connectivity index (χ4n) is 2.59. The monoisotopic (exact) mass is 411 g/mol. The molecule has 1 N–H and O–H groups in total. The first-order valence-electron chi connectivity index (χ1n) is 8.91. The highest BCUT2D eigenvalue weighted by Crippen LogP contribution is 2.26. The van der Waals surface area contributed by atoms with Crippen LogP contribution in [-0.4, -0.2) is 45.4 Å². The van der Waals surface area contributed by atoms with Crippen LogP contribution in [0, 0.1) is 13.8 Å². The van der Waals surface area contributed by atoms with Crippen LogP contribution in [-0.2, 0) is 10.5 Å². The molecule has 3 aromatic rings. The number of rotatable bonds is 7. The largest absolute Gasteiger partial charge is 0.340 e. The normalized spacial score (nSPS) is 10.6. The molecule has 29 heavy (non-hydrogen) atoms. The lowest BCUT2D eigenvalue weighted by Gasteiger charge is -2.18. The summed E-state index contributed by atoms with van der Waals surface area (Å²) in [5, 5.41) is 6.57. The number of carbonyl (C=O) groups excluding carboxylic acids is 2. The molecule has 0 aliphatic carbocycles. The minimum Gasteiger partial charge on any atom is -0.340 e. The number of pyridine rings is 1. The van der Waals surface area contributed by atoms with Gasteiger partial charge in [-0.2, -0.15) is 4.98 Å². The zero-order valence-electron chi connectivity index (χ0n) is 16.4. The number of likely N-dealkylation sites (N-methyl/N-ethyl adjacent to an activating group) is 1. The minimum atomic E-state index is -0.314. The van der Waals surface area contributed by atoms with E-state index in [4.69, 9.17) is 4.52 Å². The fourth-order valence-corrected chi connectivity index (χ4v) is 3.48. The van der Waals surface area contributed by atoms with Crippen LogP contribution in [0.1, 0.15) is 27.6 Å². The highest BCUT2D eigenvalue weighted by atomic mass is 32.2. The van der Waals surface area contributed by atoms with Gasteiger partial charge in [-0.25, -0.2) is 4.98 Å². The molecule has 0 atom stereocenters. The Morgan fingerprint density at radius 2 is 2.00 bits per heavy atom. The van der Waals surface area contributed by atoms with Crippen molar-refractivity contribution in [2.75, 3.05) is 18.9 Å². The van der Waals surface area contributed by atoms with Crippen molar-refractivity contribution < 1.29 is 14.1 Å². The number of nitrogens with one attached hydrogen (secondary N) is 1. The molecular weight excluding hydrogens is 390 g/mol. The number of benzene rings is 1. The molecule has 2 aromatic heterocycles. The Hall–Kier alpha value is -3.20. The minimum absolute atomic E-state index is 0.0858. The van der Waals surface area contributed by atoms with Gasteiger partial charge in [0.15, 0.2) is 5.82 Å². The van der Waals surface area contributed by atoms with Crippen LogP contribution in [0.5, 0.6) is 0 Å². The van der Waals surface area contributed by atoms with Gasteiger partial charge in [0.05, 0.1) is 17.9 Å². The van der Waals surface area contributed by atoms with Crippen molar-refractivity contribution in [1.82, 2.24) is 20.0 Å². The Balaban J connectivity index is 1.63. The van der Waals surface area contributed by atoms with Gasteiger partial charge >= 0.3 is 0 Å². The van der Waals surface area contributed by atoms with Crippen LogP contribution in [0.2, 0.25) is 0 Å². The third-order valence-corrected chi connectivity index (χ3v) is 5.02. The molecule has 2 heterocycles. The summed E-state index contributed by atoms with van der Waals surface area (Å²) in [6, 6.07) is 10.9. The van der Waals surface area contributed by atoms with E-state index in [0.29, 0.717) is 28.8 Å². The molecule has 0 spiro atoms. The van der Waals surface area contributed by atoms with E-state index in [1.165, 1.54) is 16.7 Å². The third kappa shape index (κ3) is 5.64. The van der Waals surface area contributed by atoms with Crippen LogP contribution in [0.4, 0.5) is 5.82 Å². The average molecular weight is 411 g/mol. The second-order valence-corrected chi connectivity index (χ2v) is 7.46. The highest BCUT2D eigenvalue weighted by Gasteiger charge is 2.19. The van der Waals surface area contributed by atoms with Crippen molar-refractivity contribution in [2.45, 2.75) is 24.5 Å². The van der Waals surface area contributed by atoms with Crippen molar-refractivity contribution in [1.29, 1.82) is 0 Å². The number of aryl methyl sites for hydroxylation is 2. The van der Waals surface area contributed by atoms with Gasteiger partial charge in [-0.3, -0.25) is 9.59 Å². The number of carbonyl (C=O) groups is 2. The molecule has 0 bridgehead atoms. The number of thioether (sulfide) groups is 1. The van der Waals surface area contributed by atoms with Gasteiger partial charge in [-0.05, 0) is 36.8 Å². The second-order valence-electron chi connectivity index (χ2n) is 6.44. The lowest BCUT2D eigenvalue weighted by molar-refractivity contribution is -0.116. The van der Waals surface area contributed by atoms with Gasteiger partial charge in [-0.15, -0.1) is 11.8 Å². The van der Waals surface area contributed by atoms with Crippen molar-refractivity contribution >= 4 is 29.4 Å². The van der Waals surface area contributed by atoms with E-state index in [-0.39, 0.29) is 18.4 Å². The average Bonchev–Trinajstić information content (AvgIpc) is 3.11. The van der Waals surface area contributed by atoms with Crippen molar-refractivity contribution in [2.24, 2.45) is 0 Å². The predicted molar refractivity (Wildman–Crippen MR) is 110 cm³/mol. The van der Waals surface area contributed by atoms with E-state index in [9.17, 15) is 9.59 Å². The maximum Gasteiger partial charge on any atom is 0.255 e. The Morgan fingerprint density at radius 3 is 2.72 bits per heavy atom. The second kappa shape index (κ2) is 9.33. The first kappa shape index (κ1) is 20.5. The first-order chi connectivity index (χ1) is 13.9. The molecule has 9 heteroatoms. The Kier molecular flexibility index (Phi) is 6.61. The summed E-state index contributed by atoms with van der Waals surface area (Å²) >= 11 is 1.44. The molecule has 150 valence electrons. The fraction of sp³-hybridized carbons (Fsp3) is 0.250. The van der Waals surface area contributed by atoms with Crippen LogP contribution in [0.25, 0.3) is 0 Å². The maximum absolute atomic E-state index is 12.9. The smallest absolute Gasteiger partial charge is 0.255 e. The van der Waals surface area contributed by atoms with Gasteiger partial charge in [0.25, 0.3) is 5.91 Å². The maximum atomic E-state index is 12.9. The standard InChI is InChI=1S/C20H21N5O3S/c1-13-8-9-21-17(10-13)23-19(26)11-25(3)20(27)15-6-4-5-7-16(15)29-12-18-22-14(2)28-24-18/h4-10H,11-12H2,1-3H3,(H,21,23,26). The third-order valence-electron chi connectivity index (χ3n) is 3.95. The van der Waals surface area contributed by atoms with Gasteiger partial charge in [0, 0.05) is 25.1 Å². The molecular formula is C20H21N5O3S. The molecule has 0 aliphatic rings. The van der Waals surface area contributed by atoms with Crippen LogP contribution >= 0.6 is 11.8 Å². The number of hydrogen-bond acceptors (Lipinski definition) is 7. The van der Waals surface area contributed by atoms with E-state index in [1.54, 1.807) is 38.4 Å². The molecule has 0 fully saturated rings. The summed E-state index contributed by atoms with van der Waals surface area (Å²) in [5.74, 6) is 1.44. The highest BCUT2D eigenvalue weighted by molar-refractivity contribution is 7.98. The van der Waals surface area contributed by atoms with E-state index < -0.39 is 0 Å². The molecule has 8 nitrogen and oxygen atoms in total. The molecule has 0 radical (unpaired) electrons. The van der Waals surface area contributed by atoms with Crippen LogP contribution in [0.3, 0.4) is 0 Å². The Morgan fingerprint density at radius 1 is 1.21 bits per heavy atom. The van der Waals surface area contributed by atoms with Crippen molar-refractivity contribution in [3.05, 3.63) is 65.4 Å². The zero-order valence-corrected chi connectivity index (χ0v) is 17.2. The summed E-state index contributed by atoms with van der Waals surface area (Å²) in [5.41, 5.74) is 1.50. The van der Waals surface area contributed by atoms with E-state index in [1.807, 2.05) is 25.1 Å². The quantitative estimate of drug-likeness (QED) is 0.596. The summed E-state index contributed by atoms with van der Waals surface area (Å²) in [7, 11) is 1.59. The van der Waals surface area contributed by atoms with Gasteiger partial charge in [-0.1, -0.05) is 17.3 Å². The molecule has 2 amide bonds. The van der Waals surface area contributed by atoms with Crippen LogP contribution in [0.15, 0.2) is 52.0 Å². The van der Waals surface area contributed by atoms with E-state index in [0.717, 1.165) is 10.5 Å². The molecule has 3 rings (SSSR count). The van der Waals surface area contributed by atoms with Crippen molar-refractivity contribution in [3.8, 4) is 0 Å². The molecule has 0 unspecified atom stereocenters. The van der Waals surface area contributed by atoms with Gasteiger partial charge < -0.3 is 14.7 Å². The number of aromatic nitrogens is 3. The summed E-state index contributed by atoms with van der Waals surface area (Å²) in [6.07, 6.45) is 1.62. The lowest BCUT2D eigenvalue weighted by Crippen LogP contribution is -2.35. The number of nitrogens with zero attached hydrogens (tertiary/aromatic N) is 4. The molecule has 0 saturated heterocycles. The summed E-state index contributed by atoms with van der Waals surface area (Å²) in [6.45, 7) is 3.56. The number of amides is 2. The van der Waals surface area contributed by atoms with E-state index in [2.05, 4.69) is 20.4 Å². The Labute approximate surface area is 172 Å². The summed E-state index contributed by atoms with van der Waals surface area (Å²) < 4.78 is 4.97. The first-order valence-corrected chi connectivity index (χ1v) is 9.90. The number of hydrogen-bond donors (Lipinski definition) is 1. The molecule has 1 aromatic carbocycles. The van der Waals surface area contributed by atoms with E-state index >= 15 is 0 Å². The Bertz CT molecular complexity index is 1020. The van der Waals surface area contributed by atoms with Gasteiger partial charge in [0.1, 0.15) is 5.82 Å². The van der Waals surface area contributed by atoms with Gasteiger partial charge in [0.2, 0.25) is 11.8 Å². The SMILES string of the molecule is Cc1ccnc(NC(=O)CN(C)C(=O)c2ccccc2SCc2noc(C)n2)c1. The number of anilines is 1. The molecule has 0 aliphatic heterocycles. The predicted octanol–water partition coefficient (Wildman–Crippen LogP) is 3.08. The molecule has 0 saturated carbocycles. The van der Waals surface area contributed by atoms with Crippen molar-refractivity contribution in [3.63, 3.8) is 0 Å². The zero-order chi connectivity index (χ0) is 20.8. The van der Waals surface area contributed by atoms with Crippen LogP contribution < -0.4 is 5.32 Å². The lowest BCUT2D eigenvalue weighted by atomic mass is 10.2.